The molecule has 1 aromatic rings. The van der Waals surface area contributed by atoms with Crippen LogP contribution in [-0.2, 0) is 11.3 Å². The molecule has 0 saturated carbocycles. The average molecular weight is 476 g/mol. The van der Waals surface area contributed by atoms with E-state index >= 15 is 0 Å². The summed E-state index contributed by atoms with van der Waals surface area (Å²) in [6.07, 6.45) is 3.05. The summed E-state index contributed by atoms with van der Waals surface area (Å²) in [7, 11) is 3.61. The minimum atomic E-state index is 0. The minimum absolute atomic E-state index is 0. The van der Waals surface area contributed by atoms with Crippen molar-refractivity contribution in [2.24, 2.45) is 4.99 Å². The van der Waals surface area contributed by atoms with Crippen LogP contribution in [0, 0.1) is 0 Å². The molecule has 1 fully saturated rings. The van der Waals surface area contributed by atoms with Gasteiger partial charge in [-0.25, -0.2) is 0 Å². The molecule has 0 radical (unpaired) electrons. The van der Waals surface area contributed by atoms with E-state index in [2.05, 4.69) is 15.6 Å². The van der Waals surface area contributed by atoms with Crippen LogP contribution in [-0.4, -0.2) is 55.0 Å². The summed E-state index contributed by atoms with van der Waals surface area (Å²) in [5.41, 5.74) is 1.15. The first kappa shape index (κ1) is 22.1. The van der Waals surface area contributed by atoms with E-state index in [4.69, 9.17) is 0 Å². The van der Waals surface area contributed by atoms with Gasteiger partial charge in [0.15, 0.2) is 5.96 Å². The van der Waals surface area contributed by atoms with Gasteiger partial charge in [0.2, 0.25) is 5.91 Å². The molecule has 0 bridgehead atoms. The first-order valence-electron chi connectivity index (χ1n) is 8.53. The van der Waals surface area contributed by atoms with Crippen molar-refractivity contribution >= 4 is 47.6 Å². The number of nitrogens with one attached hydrogen (secondary N) is 2. The summed E-state index contributed by atoms with van der Waals surface area (Å²) < 4.78 is 0. The number of carbonyl (C=O) groups excluding carboxylic acids is 1. The van der Waals surface area contributed by atoms with Gasteiger partial charge >= 0.3 is 0 Å². The molecule has 25 heavy (non-hydrogen) atoms. The van der Waals surface area contributed by atoms with Crippen LogP contribution in [0.3, 0.4) is 0 Å². The second kappa shape index (κ2) is 12.4. The molecule has 1 saturated heterocycles. The fourth-order valence-electron chi connectivity index (χ4n) is 2.66. The van der Waals surface area contributed by atoms with Gasteiger partial charge in [-0.2, -0.15) is 11.8 Å². The lowest BCUT2D eigenvalue weighted by Crippen LogP contribution is -2.41. The summed E-state index contributed by atoms with van der Waals surface area (Å²) in [6.45, 7) is 2.17. The van der Waals surface area contributed by atoms with E-state index in [9.17, 15) is 4.79 Å². The summed E-state index contributed by atoms with van der Waals surface area (Å²) in [5, 5.41) is 7.26. The highest BCUT2D eigenvalue weighted by atomic mass is 127. The number of hydrogen-bond donors (Lipinski definition) is 2. The number of aliphatic imine (C=N–C) groups is 1. The largest absolute Gasteiger partial charge is 0.356 e. The molecule has 0 aromatic heterocycles. The Hall–Kier alpha value is -0.960. The van der Waals surface area contributed by atoms with Crippen molar-refractivity contribution in [2.75, 3.05) is 32.9 Å². The number of hydrogen-bond acceptors (Lipinski definition) is 3. The van der Waals surface area contributed by atoms with Gasteiger partial charge in [0.1, 0.15) is 0 Å². The molecule has 5 nitrogen and oxygen atoms in total. The minimum Gasteiger partial charge on any atom is -0.356 e. The molecule has 1 amide bonds. The molecule has 2 rings (SSSR count). The third-order valence-electron chi connectivity index (χ3n) is 4.06. The Labute approximate surface area is 172 Å². The second-order valence-corrected chi connectivity index (χ2v) is 7.41. The van der Waals surface area contributed by atoms with Crippen LogP contribution in [0.4, 0.5) is 0 Å². The van der Waals surface area contributed by atoms with E-state index < -0.39 is 0 Å². The SMILES string of the molecule is CN=C(NCCC(=O)N(C)Cc1ccccc1)NCC1CCCS1.I. The van der Waals surface area contributed by atoms with Crippen LogP contribution in [0.25, 0.3) is 0 Å². The molecule has 2 N–H and O–H groups in total. The van der Waals surface area contributed by atoms with Gasteiger partial charge in [-0.15, -0.1) is 24.0 Å². The maximum Gasteiger partial charge on any atom is 0.224 e. The number of halogens is 1. The zero-order chi connectivity index (χ0) is 17.2. The molecule has 0 aliphatic carbocycles. The molecule has 1 aromatic carbocycles. The summed E-state index contributed by atoms with van der Waals surface area (Å²) in [4.78, 5) is 18.2. The molecule has 1 atom stereocenters. The maximum atomic E-state index is 12.2. The smallest absolute Gasteiger partial charge is 0.224 e. The Morgan fingerprint density at radius 2 is 2.08 bits per heavy atom. The predicted molar refractivity (Wildman–Crippen MR) is 118 cm³/mol. The van der Waals surface area contributed by atoms with Gasteiger partial charge in [0.05, 0.1) is 0 Å². The van der Waals surface area contributed by atoms with Crippen molar-refractivity contribution in [3.63, 3.8) is 0 Å². The first-order valence-corrected chi connectivity index (χ1v) is 9.58. The number of amides is 1. The van der Waals surface area contributed by atoms with Crippen LogP contribution in [0.1, 0.15) is 24.8 Å². The number of benzene rings is 1. The van der Waals surface area contributed by atoms with Crippen molar-refractivity contribution in [3.8, 4) is 0 Å². The molecule has 0 spiro atoms. The molecular weight excluding hydrogens is 447 g/mol. The van der Waals surface area contributed by atoms with Crippen molar-refractivity contribution in [1.29, 1.82) is 0 Å². The average Bonchev–Trinajstić information content (AvgIpc) is 3.12. The van der Waals surface area contributed by atoms with Crippen molar-refractivity contribution in [1.82, 2.24) is 15.5 Å². The van der Waals surface area contributed by atoms with Gasteiger partial charge < -0.3 is 15.5 Å². The normalized spacial score (nSPS) is 16.9. The number of rotatable bonds is 7. The highest BCUT2D eigenvalue weighted by Crippen LogP contribution is 2.25. The van der Waals surface area contributed by atoms with E-state index in [1.807, 2.05) is 49.1 Å². The van der Waals surface area contributed by atoms with Crippen LogP contribution >= 0.6 is 35.7 Å². The van der Waals surface area contributed by atoms with Crippen molar-refractivity contribution < 1.29 is 4.79 Å². The van der Waals surface area contributed by atoms with E-state index in [0.29, 0.717) is 24.8 Å². The molecular formula is C18H29IN4OS. The van der Waals surface area contributed by atoms with E-state index in [-0.39, 0.29) is 29.9 Å². The van der Waals surface area contributed by atoms with Gasteiger partial charge in [0, 0.05) is 45.4 Å². The number of thioether (sulfide) groups is 1. The standard InChI is InChI=1S/C18H28N4OS.HI/c1-19-18(21-13-16-9-6-12-24-16)20-11-10-17(23)22(2)14-15-7-4-3-5-8-15;/h3-5,7-8,16H,6,9-14H2,1-2H3,(H2,19,20,21);1H. The topological polar surface area (TPSA) is 56.7 Å². The van der Waals surface area contributed by atoms with Crippen LogP contribution in [0.15, 0.2) is 35.3 Å². The maximum absolute atomic E-state index is 12.2. The zero-order valence-corrected chi connectivity index (χ0v) is 18.2. The van der Waals surface area contributed by atoms with Crippen molar-refractivity contribution in [2.45, 2.75) is 31.1 Å². The van der Waals surface area contributed by atoms with E-state index in [0.717, 1.165) is 18.1 Å². The van der Waals surface area contributed by atoms with Crippen molar-refractivity contribution in [3.05, 3.63) is 35.9 Å². The third-order valence-corrected chi connectivity index (χ3v) is 5.46. The Morgan fingerprint density at radius 1 is 1.32 bits per heavy atom. The van der Waals surface area contributed by atoms with Crippen LogP contribution < -0.4 is 10.6 Å². The Kier molecular flexibility index (Phi) is 11.0. The summed E-state index contributed by atoms with van der Waals surface area (Å²) in [6, 6.07) is 10.0. The lowest BCUT2D eigenvalue weighted by atomic mass is 10.2. The highest BCUT2D eigenvalue weighted by molar-refractivity contribution is 14.0. The fraction of sp³-hybridized carbons (Fsp3) is 0.556. The quantitative estimate of drug-likeness (QED) is 0.361. The number of nitrogens with zero attached hydrogens (tertiary/aromatic N) is 2. The summed E-state index contributed by atoms with van der Waals surface area (Å²) in [5.74, 6) is 2.18. The Bertz CT molecular complexity index is 535. The van der Waals surface area contributed by atoms with Gasteiger partial charge in [0.25, 0.3) is 0 Å². The number of carbonyl (C=O) groups is 1. The lowest BCUT2D eigenvalue weighted by molar-refractivity contribution is -0.130. The van der Waals surface area contributed by atoms with E-state index in [1.165, 1.54) is 18.6 Å². The van der Waals surface area contributed by atoms with Crippen LogP contribution in [0.5, 0.6) is 0 Å². The fourth-order valence-corrected chi connectivity index (χ4v) is 3.86. The predicted octanol–water partition coefficient (Wildman–Crippen LogP) is 2.71. The molecule has 7 heteroatoms. The third kappa shape index (κ3) is 8.31. The molecule has 1 aliphatic rings. The second-order valence-electron chi connectivity index (χ2n) is 6.00. The number of guanidine groups is 1. The van der Waals surface area contributed by atoms with Crippen LogP contribution in [0.2, 0.25) is 0 Å². The first-order chi connectivity index (χ1) is 11.7. The summed E-state index contributed by atoms with van der Waals surface area (Å²) >= 11 is 2.02. The molecule has 140 valence electrons. The lowest BCUT2D eigenvalue weighted by Gasteiger charge is -2.18. The monoisotopic (exact) mass is 476 g/mol. The molecule has 1 unspecified atom stereocenters. The van der Waals surface area contributed by atoms with Gasteiger partial charge in [-0.05, 0) is 24.2 Å². The van der Waals surface area contributed by atoms with Gasteiger partial charge in [-0.3, -0.25) is 9.79 Å². The Balaban J connectivity index is 0.00000312. The van der Waals surface area contributed by atoms with Gasteiger partial charge in [-0.1, -0.05) is 30.3 Å². The molecule has 1 aliphatic heterocycles. The molecule has 1 heterocycles. The Morgan fingerprint density at radius 3 is 2.72 bits per heavy atom. The zero-order valence-electron chi connectivity index (χ0n) is 15.0. The highest BCUT2D eigenvalue weighted by Gasteiger charge is 2.15. The van der Waals surface area contributed by atoms with E-state index in [1.54, 1.807) is 11.9 Å².